The minimum atomic E-state index is -2.62. The molecule has 136 valence electrons. The van der Waals surface area contributed by atoms with Crippen LogP contribution in [-0.2, 0) is 4.74 Å². The molecular formula is C14H15FN8O3. The van der Waals surface area contributed by atoms with Gasteiger partial charge < -0.3 is 19.8 Å². The molecule has 1 fully saturated rings. The number of nitrogens with zero attached hydrogens (tertiary/aromatic N) is 8. The third-order valence-corrected chi connectivity index (χ3v) is 4.05. The van der Waals surface area contributed by atoms with Crippen molar-refractivity contribution < 1.29 is 19.3 Å². The highest BCUT2D eigenvalue weighted by atomic mass is 19.1. The molecule has 2 aromatic heterocycles. The standard InChI is InChI=1S/C14H15FN8O3/c1-4-14(15)9(25)7(5-24)26-12(14)23-6-17-8-10(22(2)3)18-13(20-21-16)19-11(8)23/h1,6-7,9,12,24-25H,5H2,2-3H3/t7-,9-,12-,14-/m1/s1. The number of aromatic nitrogens is 4. The Morgan fingerprint density at radius 3 is 2.88 bits per heavy atom. The van der Waals surface area contributed by atoms with Crippen LogP contribution in [-0.4, -0.2) is 68.3 Å². The van der Waals surface area contributed by atoms with E-state index in [1.54, 1.807) is 19.0 Å². The summed E-state index contributed by atoms with van der Waals surface area (Å²) in [6.45, 7) is -0.625. The van der Waals surface area contributed by atoms with Gasteiger partial charge in [0.05, 0.1) is 12.9 Å². The van der Waals surface area contributed by atoms with Gasteiger partial charge in [-0.15, -0.1) is 6.42 Å². The SMILES string of the molecule is C#C[C@@]1(F)[C@H](O)[C@@H](CO)O[C@H]1n1cnc2c(N(C)C)nc(N=[N+]=[N-])nc21. The van der Waals surface area contributed by atoms with E-state index in [1.807, 2.05) is 5.92 Å². The molecule has 2 N–H and O–H groups in total. The minimum absolute atomic E-state index is 0.0964. The lowest BCUT2D eigenvalue weighted by Gasteiger charge is -2.23. The summed E-state index contributed by atoms with van der Waals surface area (Å²) in [5.41, 5.74) is 6.41. The summed E-state index contributed by atoms with van der Waals surface area (Å²) in [6, 6.07) is 0. The predicted octanol–water partition coefficient (Wildman–Crippen LogP) is 0.426. The summed E-state index contributed by atoms with van der Waals surface area (Å²) in [4.78, 5) is 16.6. The van der Waals surface area contributed by atoms with E-state index in [1.165, 1.54) is 10.9 Å². The Labute approximate surface area is 146 Å². The van der Waals surface area contributed by atoms with E-state index in [4.69, 9.17) is 16.7 Å². The first-order chi connectivity index (χ1) is 12.4. The molecule has 4 atom stereocenters. The van der Waals surface area contributed by atoms with Gasteiger partial charge in [0, 0.05) is 19.0 Å². The number of ether oxygens (including phenoxy) is 1. The number of alkyl halides is 1. The average Bonchev–Trinajstić information content (AvgIpc) is 3.14. The molecule has 0 amide bonds. The van der Waals surface area contributed by atoms with Crippen LogP contribution in [0.25, 0.3) is 21.6 Å². The predicted molar refractivity (Wildman–Crippen MR) is 88.1 cm³/mol. The normalized spacial score (nSPS) is 27.9. The highest BCUT2D eigenvalue weighted by Gasteiger charge is 2.57. The van der Waals surface area contributed by atoms with Crippen molar-refractivity contribution in [3.05, 3.63) is 16.8 Å². The van der Waals surface area contributed by atoms with E-state index < -0.39 is 30.7 Å². The van der Waals surface area contributed by atoms with Gasteiger partial charge in [0.1, 0.15) is 12.2 Å². The Morgan fingerprint density at radius 1 is 1.58 bits per heavy atom. The zero-order valence-corrected chi connectivity index (χ0v) is 13.9. The van der Waals surface area contributed by atoms with Gasteiger partial charge in [-0.25, -0.2) is 19.3 Å². The summed E-state index contributed by atoms with van der Waals surface area (Å²) in [5, 5.41) is 22.8. The molecule has 0 saturated carbocycles. The maximum atomic E-state index is 15.2. The van der Waals surface area contributed by atoms with Gasteiger partial charge in [-0.05, 0) is 10.6 Å². The second-order valence-corrected chi connectivity index (χ2v) is 5.82. The monoisotopic (exact) mass is 362 g/mol. The lowest BCUT2D eigenvalue weighted by atomic mass is 9.97. The molecule has 0 aromatic carbocycles. The molecule has 0 aliphatic carbocycles. The summed E-state index contributed by atoms with van der Waals surface area (Å²) < 4.78 is 21.8. The number of hydrogen-bond acceptors (Lipinski definition) is 8. The molecule has 1 aliphatic rings. The first kappa shape index (κ1) is 17.8. The Balaban J connectivity index is 2.23. The van der Waals surface area contributed by atoms with Gasteiger partial charge in [-0.2, -0.15) is 0 Å². The lowest BCUT2D eigenvalue weighted by Crippen LogP contribution is -2.42. The topological polar surface area (TPSA) is 145 Å². The smallest absolute Gasteiger partial charge is 0.243 e. The molecule has 1 aliphatic heterocycles. The lowest BCUT2D eigenvalue weighted by molar-refractivity contribution is -0.0504. The van der Waals surface area contributed by atoms with Crippen LogP contribution in [0.5, 0.6) is 0 Å². The first-order valence-electron chi connectivity index (χ1n) is 7.45. The molecule has 0 radical (unpaired) electrons. The number of fused-ring (bicyclic) bond motifs is 1. The number of terminal acetylenes is 1. The van der Waals surface area contributed by atoms with Gasteiger partial charge in [0.15, 0.2) is 23.2 Å². The average molecular weight is 362 g/mol. The summed E-state index contributed by atoms with van der Waals surface area (Å²) >= 11 is 0. The van der Waals surface area contributed by atoms with Crippen molar-refractivity contribution >= 4 is 22.9 Å². The Hall–Kier alpha value is -2.97. The highest BCUT2D eigenvalue weighted by Crippen LogP contribution is 2.42. The largest absolute Gasteiger partial charge is 0.394 e. The van der Waals surface area contributed by atoms with Crippen LogP contribution in [0.4, 0.5) is 16.2 Å². The summed E-state index contributed by atoms with van der Waals surface area (Å²) in [6.07, 6.45) is 2.06. The number of halogens is 1. The number of anilines is 1. The quantitative estimate of drug-likeness (QED) is 0.347. The fraction of sp³-hybridized carbons (Fsp3) is 0.500. The number of hydrogen-bond donors (Lipinski definition) is 2. The zero-order chi connectivity index (χ0) is 19.1. The number of aliphatic hydroxyl groups excluding tert-OH is 2. The van der Waals surface area contributed by atoms with E-state index in [2.05, 4.69) is 25.0 Å². The number of aliphatic hydroxyl groups is 2. The Morgan fingerprint density at radius 2 is 2.31 bits per heavy atom. The second-order valence-electron chi connectivity index (χ2n) is 5.82. The van der Waals surface area contributed by atoms with Crippen molar-refractivity contribution in [3.63, 3.8) is 0 Å². The van der Waals surface area contributed by atoms with E-state index in [0.29, 0.717) is 5.82 Å². The van der Waals surface area contributed by atoms with E-state index in [0.717, 1.165) is 0 Å². The van der Waals surface area contributed by atoms with E-state index in [9.17, 15) is 10.2 Å². The van der Waals surface area contributed by atoms with Gasteiger partial charge in [-0.3, -0.25) is 4.57 Å². The second kappa shape index (κ2) is 6.40. The van der Waals surface area contributed by atoms with Crippen LogP contribution in [0.1, 0.15) is 6.23 Å². The number of rotatable bonds is 4. The molecule has 3 rings (SSSR count). The third-order valence-electron chi connectivity index (χ3n) is 4.05. The van der Waals surface area contributed by atoms with E-state index >= 15 is 4.39 Å². The van der Waals surface area contributed by atoms with Crippen molar-refractivity contribution in [2.75, 3.05) is 25.6 Å². The Kier molecular flexibility index (Phi) is 4.39. The van der Waals surface area contributed by atoms with Crippen LogP contribution in [0.3, 0.4) is 0 Å². The van der Waals surface area contributed by atoms with Crippen molar-refractivity contribution in [2.24, 2.45) is 5.11 Å². The van der Waals surface area contributed by atoms with Gasteiger partial charge >= 0.3 is 0 Å². The van der Waals surface area contributed by atoms with Crippen molar-refractivity contribution in [3.8, 4) is 12.3 Å². The number of imidazole rings is 1. The molecule has 0 spiro atoms. The zero-order valence-electron chi connectivity index (χ0n) is 13.9. The molecule has 1 saturated heterocycles. The van der Waals surface area contributed by atoms with Crippen LogP contribution < -0.4 is 4.90 Å². The first-order valence-corrected chi connectivity index (χ1v) is 7.45. The summed E-state index contributed by atoms with van der Waals surface area (Å²) in [5.74, 6) is 2.03. The van der Waals surface area contributed by atoms with Crippen molar-refractivity contribution in [2.45, 2.75) is 24.1 Å². The number of azide groups is 1. The molecule has 0 bridgehead atoms. The molecular weight excluding hydrogens is 347 g/mol. The molecule has 0 unspecified atom stereocenters. The molecule has 12 heteroatoms. The maximum Gasteiger partial charge on any atom is 0.243 e. The van der Waals surface area contributed by atoms with Crippen molar-refractivity contribution in [1.82, 2.24) is 19.5 Å². The molecule has 11 nitrogen and oxygen atoms in total. The van der Waals surface area contributed by atoms with E-state index in [-0.39, 0.29) is 17.1 Å². The molecule has 2 aromatic rings. The van der Waals surface area contributed by atoms with Crippen LogP contribution in [0.15, 0.2) is 11.4 Å². The molecule has 26 heavy (non-hydrogen) atoms. The van der Waals surface area contributed by atoms with Crippen molar-refractivity contribution in [1.29, 1.82) is 0 Å². The summed E-state index contributed by atoms with van der Waals surface area (Å²) in [7, 11) is 3.39. The fourth-order valence-electron chi connectivity index (χ4n) is 2.78. The maximum absolute atomic E-state index is 15.2. The third kappa shape index (κ3) is 2.51. The minimum Gasteiger partial charge on any atom is -0.394 e. The van der Waals surface area contributed by atoms with Crippen LogP contribution >= 0.6 is 0 Å². The van der Waals surface area contributed by atoms with Gasteiger partial charge in [0.2, 0.25) is 11.6 Å². The van der Waals surface area contributed by atoms with Crippen LogP contribution in [0, 0.1) is 12.3 Å². The fourth-order valence-corrected chi connectivity index (χ4v) is 2.78. The van der Waals surface area contributed by atoms with Gasteiger partial charge in [0.25, 0.3) is 0 Å². The Bertz CT molecular complexity index is 934. The molecule has 3 heterocycles. The van der Waals surface area contributed by atoms with Gasteiger partial charge in [-0.1, -0.05) is 5.92 Å². The highest BCUT2D eigenvalue weighted by molar-refractivity contribution is 5.84. The van der Waals surface area contributed by atoms with Crippen LogP contribution in [0.2, 0.25) is 0 Å².